The topological polar surface area (TPSA) is 60.7 Å². The number of aryl methyl sites for hydroxylation is 2. The zero-order chi connectivity index (χ0) is 19.6. The normalized spacial score (nSPS) is 12.4. The summed E-state index contributed by atoms with van der Waals surface area (Å²) in [7, 11) is -0.288. The van der Waals surface area contributed by atoms with E-state index in [9.17, 15) is 8.42 Å². The van der Waals surface area contributed by atoms with E-state index in [-0.39, 0.29) is 4.90 Å². The molecule has 0 amide bonds. The number of ether oxygens (including phenoxy) is 1. The Balaban J connectivity index is 2.13. The summed E-state index contributed by atoms with van der Waals surface area (Å²) in [5.41, 5.74) is 2.98. The summed E-state index contributed by atoms with van der Waals surface area (Å²) >= 11 is 1.40. The molecule has 0 atom stereocenters. The second-order valence-corrected chi connectivity index (χ2v) is 8.84. The minimum Gasteiger partial charge on any atom is -0.497 e. The Kier molecular flexibility index (Phi) is 5.53. The van der Waals surface area contributed by atoms with Crippen molar-refractivity contribution in [2.24, 2.45) is 11.4 Å². The van der Waals surface area contributed by atoms with Crippen molar-refractivity contribution < 1.29 is 13.2 Å². The van der Waals surface area contributed by atoms with Gasteiger partial charge in [0.25, 0.3) is 10.0 Å². The van der Waals surface area contributed by atoms with Crippen molar-refractivity contribution in [3.8, 4) is 17.0 Å². The van der Waals surface area contributed by atoms with Crippen molar-refractivity contribution in [1.82, 2.24) is 4.57 Å². The zero-order valence-corrected chi connectivity index (χ0v) is 17.4. The molecule has 0 aliphatic rings. The Morgan fingerprint density at radius 1 is 1.07 bits per heavy atom. The van der Waals surface area contributed by atoms with E-state index in [4.69, 9.17) is 4.74 Å². The molecule has 7 heteroatoms. The van der Waals surface area contributed by atoms with Crippen LogP contribution in [0.15, 0.2) is 57.8 Å². The average molecular weight is 403 g/mol. The van der Waals surface area contributed by atoms with E-state index in [2.05, 4.69) is 11.3 Å². The van der Waals surface area contributed by atoms with Crippen LogP contribution < -0.4 is 9.54 Å². The first-order valence-corrected chi connectivity index (χ1v) is 10.8. The van der Waals surface area contributed by atoms with Crippen LogP contribution in [-0.2, 0) is 23.5 Å². The molecule has 5 nitrogen and oxygen atoms in total. The van der Waals surface area contributed by atoms with Crippen molar-refractivity contribution in [2.75, 3.05) is 7.11 Å². The second kappa shape index (κ2) is 7.70. The van der Waals surface area contributed by atoms with Gasteiger partial charge in [0, 0.05) is 11.9 Å². The molecule has 1 aromatic heterocycles. The maximum Gasteiger partial charge on any atom is 0.285 e. The number of thiazole rings is 1. The Bertz CT molecular complexity index is 1110. The number of nitrogens with zero attached hydrogens (tertiary/aromatic N) is 2. The van der Waals surface area contributed by atoms with Gasteiger partial charge in [-0.1, -0.05) is 24.6 Å². The first-order valence-electron chi connectivity index (χ1n) is 8.56. The SMILES string of the molecule is CCc1sc(=NS(=O)(=O)c2ccc(C)cc2)n(C)c1-c1ccc(OC)cc1. The van der Waals surface area contributed by atoms with Gasteiger partial charge in [-0.2, -0.15) is 8.42 Å². The van der Waals surface area contributed by atoms with Gasteiger partial charge in [0.2, 0.25) is 4.80 Å². The highest BCUT2D eigenvalue weighted by Crippen LogP contribution is 2.27. The molecule has 142 valence electrons. The Morgan fingerprint density at radius 3 is 2.26 bits per heavy atom. The van der Waals surface area contributed by atoms with Crippen molar-refractivity contribution in [3.05, 3.63) is 63.8 Å². The molecule has 1 heterocycles. The van der Waals surface area contributed by atoms with Crippen LogP contribution in [0.4, 0.5) is 0 Å². The number of aromatic nitrogens is 1. The smallest absolute Gasteiger partial charge is 0.285 e. The van der Waals surface area contributed by atoms with Crippen LogP contribution in [0, 0.1) is 6.92 Å². The lowest BCUT2D eigenvalue weighted by Crippen LogP contribution is -2.14. The fourth-order valence-corrected chi connectivity index (χ4v) is 5.10. The van der Waals surface area contributed by atoms with E-state index in [0.29, 0.717) is 4.80 Å². The third-order valence-corrected chi connectivity index (χ3v) is 6.98. The van der Waals surface area contributed by atoms with Crippen LogP contribution in [-0.4, -0.2) is 20.1 Å². The van der Waals surface area contributed by atoms with Crippen LogP contribution >= 0.6 is 11.3 Å². The van der Waals surface area contributed by atoms with Gasteiger partial charge in [0.05, 0.1) is 17.7 Å². The summed E-state index contributed by atoms with van der Waals surface area (Å²) in [4.78, 5) is 1.74. The van der Waals surface area contributed by atoms with E-state index in [1.807, 2.05) is 42.8 Å². The highest BCUT2D eigenvalue weighted by Gasteiger charge is 2.16. The zero-order valence-electron chi connectivity index (χ0n) is 15.8. The Hall–Kier alpha value is -2.38. The molecular weight excluding hydrogens is 380 g/mol. The molecular formula is C20H22N2O3S2. The number of rotatable bonds is 5. The Labute approximate surface area is 163 Å². The van der Waals surface area contributed by atoms with Crippen LogP contribution in [0.2, 0.25) is 0 Å². The van der Waals surface area contributed by atoms with Crippen molar-refractivity contribution >= 4 is 21.4 Å². The number of hydrogen-bond donors (Lipinski definition) is 0. The summed E-state index contributed by atoms with van der Waals surface area (Å²) < 4.78 is 36.6. The fraction of sp³-hybridized carbons (Fsp3) is 0.250. The van der Waals surface area contributed by atoms with Gasteiger partial charge in [-0.05, 0) is 55.3 Å². The van der Waals surface area contributed by atoms with E-state index >= 15 is 0 Å². The summed E-state index contributed by atoms with van der Waals surface area (Å²) in [5, 5.41) is 0. The molecule has 0 saturated heterocycles. The molecule has 27 heavy (non-hydrogen) atoms. The minimum atomic E-state index is -3.76. The third-order valence-electron chi connectivity index (χ3n) is 4.30. The lowest BCUT2D eigenvalue weighted by atomic mass is 10.1. The molecule has 0 unspecified atom stereocenters. The first-order chi connectivity index (χ1) is 12.9. The standard InChI is InChI=1S/C20H22N2O3S2/c1-5-18-19(15-8-10-16(25-4)11-9-15)22(3)20(26-18)21-27(23,24)17-12-6-14(2)7-13-17/h6-13H,5H2,1-4H3. The van der Waals surface area contributed by atoms with Gasteiger partial charge in [-0.15, -0.1) is 15.7 Å². The van der Waals surface area contributed by atoms with Gasteiger partial charge in [0.1, 0.15) is 5.75 Å². The maximum atomic E-state index is 12.7. The van der Waals surface area contributed by atoms with E-state index in [1.165, 1.54) is 11.3 Å². The summed E-state index contributed by atoms with van der Waals surface area (Å²) in [5.74, 6) is 0.779. The summed E-state index contributed by atoms with van der Waals surface area (Å²) in [6, 6.07) is 14.5. The predicted molar refractivity (Wildman–Crippen MR) is 109 cm³/mol. The fourth-order valence-electron chi connectivity index (χ4n) is 2.80. The number of sulfonamides is 1. The minimum absolute atomic E-state index is 0.200. The van der Waals surface area contributed by atoms with Crippen LogP contribution in [0.1, 0.15) is 17.4 Å². The third kappa shape index (κ3) is 3.99. The van der Waals surface area contributed by atoms with Crippen molar-refractivity contribution in [2.45, 2.75) is 25.2 Å². The summed E-state index contributed by atoms with van der Waals surface area (Å²) in [6.07, 6.45) is 0.792. The van der Waals surface area contributed by atoms with Crippen LogP contribution in [0.3, 0.4) is 0 Å². The van der Waals surface area contributed by atoms with Gasteiger partial charge in [-0.3, -0.25) is 0 Å². The van der Waals surface area contributed by atoms with Gasteiger partial charge < -0.3 is 9.30 Å². The van der Waals surface area contributed by atoms with E-state index in [1.54, 1.807) is 31.4 Å². The van der Waals surface area contributed by atoms with Gasteiger partial charge >= 0.3 is 0 Å². The molecule has 0 N–H and O–H groups in total. The molecule has 0 spiro atoms. The van der Waals surface area contributed by atoms with Crippen molar-refractivity contribution in [1.29, 1.82) is 0 Å². The van der Waals surface area contributed by atoms with Crippen LogP contribution in [0.25, 0.3) is 11.3 Å². The molecule has 0 fully saturated rings. The molecule has 3 rings (SSSR count). The summed E-state index contributed by atoms with van der Waals surface area (Å²) in [6.45, 7) is 3.97. The monoisotopic (exact) mass is 402 g/mol. The highest BCUT2D eigenvalue weighted by molar-refractivity contribution is 7.90. The first kappa shape index (κ1) is 19.4. The van der Waals surface area contributed by atoms with Crippen LogP contribution in [0.5, 0.6) is 5.75 Å². The lowest BCUT2D eigenvalue weighted by molar-refractivity contribution is 0.415. The predicted octanol–water partition coefficient (Wildman–Crippen LogP) is 3.92. The second-order valence-electron chi connectivity index (χ2n) is 6.18. The highest BCUT2D eigenvalue weighted by atomic mass is 32.2. The largest absolute Gasteiger partial charge is 0.497 e. The molecule has 0 aliphatic heterocycles. The lowest BCUT2D eigenvalue weighted by Gasteiger charge is -2.07. The number of benzene rings is 2. The molecule has 0 saturated carbocycles. The van der Waals surface area contributed by atoms with E-state index in [0.717, 1.165) is 33.9 Å². The number of hydrogen-bond acceptors (Lipinski definition) is 4. The quantitative estimate of drug-likeness (QED) is 0.650. The number of methoxy groups -OCH3 is 1. The molecule has 0 radical (unpaired) electrons. The van der Waals surface area contributed by atoms with Gasteiger partial charge in [0.15, 0.2) is 0 Å². The molecule has 0 bridgehead atoms. The average Bonchev–Trinajstić information content (AvgIpc) is 2.97. The van der Waals surface area contributed by atoms with E-state index < -0.39 is 10.0 Å². The Morgan fingerprint density at radius 2 is 1.70 bits per heavy atom. The van der Waals surface area contributed by atoms with Gasteiger partial charge in [-0.25, -0.2) is 0 Å². The van der Waals surface area contributed by atoms with Crippen molar-refractivity contribution in [3.63, 3.8) is 0 Å². The molecule has 2 aromatic carbocycles. The maximum absolute atomic E-state index is 12.7. The molecule has 0 aliphatic carbocycles. The molecule has 3 aromatic rings.